The zero-order chi connectivity index (χ0) is 15.8. The van der Waals surface area contributed by atoms with E-state index >= 15 is 0 Å². The van der Waals surface area contributed by atoms with Crippen molar-refractivity contribution in [3.05, 3.63) is 54.4 Å². The summed E-state index contributed by atoms with van der Waals surface area (Å²) >= 11 is 0. The Bertz CT molecular complexity index is 602. The van der Waals surface area contributed by atoms with Gasteiger partial charge in [-0.25, -0.2) is 0 Å². The van der Waals surface area contributed by atoms with Crippen LogP contribution in [0.3, 0.4) is 0 Å². The van der Waals surface area contributed by atoms with Gasteiger partial charge < -0.3 is 14.8 Å². The number of benzene rings is 1. The van der Waals surface area contributed by atoms with Gasteiger partial charge in [0.25, 0.3) is 0 Å². The molecule has 1 N–H and O–H groups in total. The molecule has 2 rings (SSSR count). The van der Waals surface area contributed by atoms with Gasteiger partial charge in [0.15, 0.2) is 11.5 Å². The number of amides is 1. The maximum absolute atomic E-state index is 11.9. The van der Waals surface area contributed by atoms with Crippen molar-refractivity contribution in [3.63, 3.8) is 0 Å². The zero-order valence-electron chi connectivity index (χ0n) is 12.8. The minimum absolute atomic E-state index is 0.0539. The van der Waals surface area contributed by atoms with Crippen LogP contribution in [0.4, 0.5) is 0 Å². The third-order valence-electron chi connectivity index (χ3n) is 3.24. The number of nitrogens with one attached hydrogen (secondary N) is 1. The highest BCUT2D eigenvalue weighted by atomic mass is 16.5. The lowest BCUT2D eigenvalue weighted by Gasteiger charge is -2.14. The summed E-state index contributed by atoms with van der Waals surface area (Å²) < 4.78 is 10.8. The van der Waals surface area contributed by atoms with Crippen LogP contribution in [0.1, 0.15) is 24.9 Å². The lowest BCUT2D eigenvalue weighted by atomic mass is 10.1. The summed E-state index contributed by atoms with van der Waals surface area (Å²) in [6.07, 6.45) is 3.71. The maximum Gasteiger partial charge on any atom is 0.223 e. The molecule has 0 aliphatic heterocycles. The van der Waals surface area contributed by atoms with Gasteiger partial charge in [-0.05, 0) is 36.8 Å². The van der Waals surface area contributed by atoms with Crippen molar-refractivity contribution in [2.75, 3.05) is 13.7 Å². The van der Waals surface area contributed by atoms with E-state index in [1.54, 1.807) is 19.5 Å². The van der Waals surface area contributed by atoms with E-state index in [-0.39, 0.29) is 18.4 Å². The Morgan fingerprint density at radius 3 is 2.55 bits per heavy atom. The largest absolute Gasteiger partial charge is 0.493 e. The van der Waals surface area contributed by atoms with Gasteiger partial charge in [0, 0.05) is 12.4 Å². The van der Waals surface area contributed by atoms with Crippen LogP contribution in [-0.4, -0.2) is 24.6 Å². The van der Waals surface area contributed by atoms with E-state index in [9.17, 15) is 4.79 Å². The second-order valence-corrected chi connectivity index (χ2v) is 4.82. The Balaban J connectivity index is 1.78. The predicted octanol–water partition coefficient (Wildman–Crippen LogP) is 2.74. The van der Waals surface area contributed by atoms with Crippen LogP contribution >= 0.6 is 0 Å². The molecule has 1 atom stereocenters. The first-order chi connectivity index (χ1) is 10.7. The first-order valence-corrected chi connectivity index (χ1v) is 7.16. The molecular formula is C17H20N2O3. The number of ether oxygens (including phenoxy) is 2. The van der Waals surface area contributed by atoms with Crippen molar-refractivity contribution in [3.8, 4) is 11.5 Å². The molecule has 5 nitrogen and oxygen atoms in total. The number of hydrogen-bond acceptors (Lipinski definition) is 4. The van der Waals surface area contributed by atoms with Crippen LogP contribution < -0.4 is 14.8 Å². The maximum atomic E-state index is 11.9. The van der Waals surface area contributed by atoms with Crippen LogP contribution in [-0.2, 0) is 4.79 Å². The molecule has 0 saturated carbocycles. The molecule has 0 bridgehead atoms. The standard InChI is InChI=1S/C17H20N2O3/c1-13(14-7-10-18-11-8-14)19-17(20)9-12-22-16-6-4-3-5-15(16)21-2/h3-8,10-11,13H,9,12H2,1-2H3,(H,19,20). The summed E-state index contributed by atoms with van der Waals surface area (Å²) in [6.45, 7) is 2.24. The summed E-state index contributed by atoms with van der Waals surface area (Å²) in [7, 11) is 1.59. The minimum atomic E-state index is -0.0563. The van der Waals surface area contributed by atoms with E-state index in [1.165, 1.54) is 0 Å². The molecule has 1 heterocycles. The van der Waals surface area contributed by atoms with E-state index in [0.717, 1.165) is 5.56 Å². The molecule has 0 aliphatic carbocycles. The van der Waals surface area contributed by atoms with E-state index in [1.807, 2.05) is 43.3 Å². The third kappa shape index (κ3) is 4.48. The van der Waals surface area contributed by atoms with Gasteiger partial charge in [0.2, 0.25) is 5.91 Å². The van der Waals surface area contributed by atoms with Crippen LogP contribution in [0.2, 0.25) is 0 Å². The van der Waals surface area contributed by atoms with Gasteiger partial charge in [-0.3, -0.25) is 9.78 Å². The third-order valence-corrected chi connectivity index (χ3v) is 3.24. The topological polar surface area (TPSA) is 60.5 Å². The lowest BCUT2D eigenvalue weighted by molar-refractivity contribution is -0.122. The number of carbonyl (C=O) groups is 1. The van der Waals surface area contributed by atoms with Gasteiger partial charge in [-0.1, -0.05) is 12.1 Å². The number of aromatic nitrogens is 1. The average molecular weight is 300 g/mol. The monoisotopic (exact) mass is 300 g/mol. The van der Waals surface area contributed by atoms with Crippen molar-refractivity contribution in [1.82, 2.24) is 10.3 Å². The van der Waals surface area contributed by atoms with Crippen LogP contribution in [0.5, 0.6) is 11.5 Å². The number of para-hydroxylation sites is 2. The Morgan fingerprint density at radius 1 is 1.18 bits per heavy atom. The van der Waals surface area contributed by atoms with Crippen molar-refractivity contribution in [2.45, 2.75) is 19.4 Å². The summed E-state index contributed by atoms with van der Waals surface area (Å²) in [5.41, 5.74) is 1.02. The highest BCUT2D eigenvalue weighted by Crippen LogP contribution is 2.25. The SMILES string of the molecule is COc1ccccc1OCCC(=O)NC(C)c1ccncc1. The molecule has 5 heteroatoms. The van der Waals surface area contributed by atoms with Crippen molar-refractivity contribution in [2.24, 2.45) is 0 Å². The minimum Gasteiger partial charge on any atom is -0.493 e. The summed E-state index contributed by atoms with van der Waals surface area (Å²) in [6, 6.07) is 11.1. The summed E-state index contributed by atoms with van der Waals surface area (Å²) in [5.74, 6) is 1.24. The van der Waals surface area contributed by atoms with Crippen LogP contribution in [0.15, 0.2) is 48.8 Å². The summed E-state index contributed by atoms with van der Waals surface area (Å²) in [5, 5.41) is 2.93. The number of hydrogen-bond donors (Lipinski definition) is 1. The molecular weight excluding hydrogens is 280 g/mol. The van der Waals surface area contributed by atoms with Crippen molar-refractivity contribution < 1.29 is 14.3 Å². The lowest BCUT2D eigenvalue weighted by Crippen LogP contribution is -2.27. The molecule has 0 spiro atoms. The molecule has 1 aromatic heterocycles. The number of nitrogens with zero attached hydrogens (tertiary/aromatic N) is 1. The molecule has 0 fully saturated rings. The highest BCUT2D eigenvalue weighted by Gasteiger charge is 2.10. The van der Waals surface area contributed by atoms with Gasteiger partial charge in [0.1, 0.15) is 0 Å². The number of methoxy groups -OCH3 is 1. The molecule has 2 aromatic rings. The fourth-order valence-corrected chi connectivity index (χ4v) is 2.04. The van der Waals surface area contributed by atoms with Crippen molar-refractivity contribution >= 4 is 5.91 Å². The van der Waals surface area contributed by atoms with Crippen LogP contribution in [0, 0.1) is 0 Å². The van der Waals surface area contributed by atoms with E-state index in [2.05, 4.69) is 10.3 Å². The fraction of sp³-hybridized carbons (Fsp3) is 0.294. The second kappa shape index (κ2) is 8.02. The fourth-order valence-electron chi connectivity index (χ4n) is 2.04. The normalized spacial score (nSPS) is 11.5. The van der Waals surface area contributed by atoms with Gasteiger partial charge in [-0.15, -0.1) is 0 Å². The molecule has 116 valence electrons. The number of carbonyl (C=O) groups excluding carboxylic acids is 1. The highest BCUT2D eigenvalue weighted by molar-refractivity contribution is 5.76. The molecule has 22 heavy (non-hydrogen) atoms. The predicted molar refractivity (Wildman–Crippen MR) is 83.9 cm³/mol. The molecule has 1 amide bonds. The summed E-state index contributed by atoms with van der Waals surface area (Å²) in [4.78, 5) is 15.9. The van der Waals surface area contributed by atoms with Crippen molar-refractivity contribution in [1.29, 1.82) is 0 Å². The Morgan fingerprint density at radius 2 is 1.86 bits per heavy atom. The second-order valence-electron chi connectivity index (χ2n) is 4.82. The number of rotatable bonds is 7. The van der Waals surface area contributed by atoms with E-state index < -0.39 is 0 Å². The molecule has 0 saturated heterocycles. The smallest absolute Gasteiger partial charge is 0.223 e. The molecule has 1 aromatic carbocycles. The van der Waals surface area contributed by atoms with E-state index in [4.69, 9.17) is 9.47 Å². The zero-order valence-corrected chi connectivity index (χ0v) is 12.8. The molecule has 1 unspecified atom stereocenters. The first kappa shape index (κ1) is 15.8. The Kier molecular flexibility index (Phi) is 5.77. The van der Waals surface area contributed by atoms with Gasteiger partial charge in [-0.2, -0.15) is 0 Å². The van der Waals surface area contributed by atoms with Gasteiger partial charge >= 0.3 is 0 Å². The molecule has 0 radical (unpaired) electrons. The van der Waals surface area contributed by atoms with Crippen LogP contribution in [0.25, 0.3) is 0 Å². The first-order valence-electron chi connectivity index (χ1n) is 7.16. The van der Waals surface area contributed by atoms with E-state index in [0.29, 0.717) is 18.1 Å². The Labute approximate surface area is 130 Å². The molecule has 0 aliphatic rings. The average Bonchev–Trinajstić information content (AvgIpc) is 2.56. The quantitative estimate of drug-likeness (QED) is 0.854. The Hall–Kier alpha value is -2.56. The number of pyridine rings is 1. The van der Waals surface area contributed by atoms with Gasteiger partial charge in [0.05, 0.1) is 26.2 Å².